The molecule has 24 heavy (non-hydrogen) atoms. The molecular formula is C18H24N2O4. The van der Waals surface area contributed by atoms with Crippen LogP contribution in [-0.2, 0) is 9.59 Å². The molecule has 6 heteroatoms. The van der Waals surface area contributed by atoms with Crippen LogP contribution in [0.3, 0.4) is 0 Å². The van der Waals surface area contributed by atoms with E-state index in [2.05, 4.69) is 19.2 Å². The van der Waals surface area contributed by atoms with Crippen LogP contribution in [0.25, 0.3) is 0 Å². The predicted molar refractivity (Wildman–Crippen MR) is 90.4 cm³/mol. The van der Waals surface area contributed by atoms with Crippen molar-refractivity contribution in [3.05, 3.63) is 18.2 Å². The highest BCUT2D eigenvalue weighted by Gasteiger charge is 2.35. The molecule has 0 aliphatic carbocycles. The number of nitrogens with zero attached hydrogens (tertiary/aromatic N) is 1. The zero-order valence-electron chi connectivity index (χ0n) is 14.2. The Morgan fingerprint density at radius 2 is 2.04 bits per heavy atom. The molecule has 0 saturated carbocycles. The largest absolute Gasteiger partial charge is 0.486 e. The SMILES string of the molecule is CC(C)CCNC(=O)[C@H]1CC(=O)N(c2ccc3c(c2)OCCO3)C1. The first-order valence-electron chi connectivity index (χ1n) is 8.52. The molecule has 2 aliphatic heterocycles. The Hall–Kier alpha value is -2.24. The maximum atomic E-state index is 12.3. The molecule has 0 radical (unpaired) electrons. The Kier molecular flexibility index (Phi) is 4.92. The summed E-state index contributed by atoms with van der Waals surface area (Å²) in [5.41, 5.74) is 0.752. The average molecular weight is 332 g/mol. The van der Waals surface area contributed by atoms with E-state index in [-0.39, 0.29) is 24.2 Å². The van der Waals surface area contributed by atoms with Gasteiger partial charge in [-0.3, -0.25) is 9.59 Å². The maximum Gasteiger partial charge on any atom is 0.227 e. The van der Waals surface area contributed by atoms with Crippen LogP contribution in [0.4, 0.5) is 5.69 Å². The number of ether oxygens (including phenoxy) is 2. The number of nitrogens with one attached hydrogen (secondary N) is 1. The smallest absolute Gasteiger partial charge is 0.227 e. The molecule has 2 heterocycles. The molecule has 2 amide bonds. The number of hydrogen-bond donors (Lipinski definition) is 1. The van der Waals surface area contributed by atoms with E-state index in [0.29, 0.717) is 43.7 Å². The van der Waals surface area contributed by atoms with E-state index in [1.54, 1.807) is 4.90 Å². The zero-order valence-corrected chi connectivity index (χ0v) is 14.2. The Morgan fingerprint density at radius 1 is 1.29 bits per heavy atom. The van der Waals surface area contributed by atoms with Gasteiger partial charge >= 0.3 is 0 Å². The lowest BCUT2D eigenvalue weighted by molar-refractivity contribution is -0.126. The highest BCUT2D eigenvalue weighted by Crippen LogP contribution is 2.35. The van der Waals surface area contributed by atoms with Gasteiger partial charge in [-0.05, 0) is 24.5 Å². The molecule has 0 aromatic heterocycles. The van der Waals surface area contributed by atoms with Gasteiger partial charge in [-0.25, -0.2) is 0 Å². The van der Waals surface area contributed by atoms with E-state index >= 15 is 0 Å². The normalized spacial score (nSPS) is 19.7. The van der Waals surface area contributed by atoms with Crippen molar-refractivity contribution in [1.82, 2.24) is 5.32 Å². The van der Waals surface area contributed by atoms with Gasteiger partial charge in [0.1, 0.15) is 13.2 Å². The summed E-state index contributed by atoms with van der Waals surface area (Å²) in [7, 11) is 0. The van der Waals surface area contributed by atoms with Crippen molar-refractivity contribution in [1.29, 1.82) is 0 Å². The van der Waals surface area contributed by atoms with Crippen LogP contribution in [0.1, 0.15) is 26.7 Å². The lowest BCUT2D eigenvalue weighted by Crippen LogP contribution is -2.33. The van der Waals surface area contributed by atoms with Crippen LogP contribution in [0.15, 0.2) is 18.2 Å². The van der Waals surface area contributed by atoms with Crippen molar-refractivity contribution >= 4 is 17.5 Å². The van der Waals surface area contributed by atoms with Gasteiger partial charge in [0.05, 0.1) is 5.92 Å². The lowest BCUT2D eigenvalue weighted by Gasteiger charge is -2.22. The molecule has 3 rings (SSSR count). The molecule has 1 aromatic rings. The quantitative estimate of drug-likeness (QED) is 0.895. The molecule has 6 nitrogen and oxygen atoms in total. The molecule has 130 valence electrons. The first-order chi connectivity index (χ1) is 11.5. The van der Waals surface area contributed by atoms with Crippen LogP contribution in [-0.4, -0.2) is 38.1 Å². The lowest BCUT2D eigenvalue weighted by atomic mass is 10.1. The van der Waals surface area contributed by atoms with E-state index in [4.69, 9.17) is 9.47 Å². The third kappa shape index (κ3) is 3.63. The third-order valence-electron chi connectivity index (χ3n) is 4.35. The Morgan fingerprint density at radius 3 is 2.79 bits per heavy atom. The fraction of sp³-hybridized carbons (Fsp3) is 0.556. The Labute approximate surface area is 142 Å². The highest BCUT2D eigenvalue weighted by atomic mass is 16.6. The van der Waals surface area contributed by atoms with Crippen LogP contribution in [0, 0.1) is 11.8 Å². The summed E-state index contributed by atoms with van der Waals surface area (Å²) in [6, 6.07) is 5.46. The zero-order chi connectivity index (χ0) is 17.1. The summed E-state index contributed by atoms with van der Waals surface area (Å²) < 4.78 is 11.1. The molecular weight excluding hydrogens is 308 g/mol. The van der Waals surface area contributed by atoms with Crippen LogP contribution in [0.2, 0.25) is 0 Å². The fourth-order valence-corrected chi connectivity index (χ4v) is 2.96. The molecule has 0 spiro atoms. The van der Waals surface area contributed by atoms with Gasteiger partial charge in [0, 0.05) is 31.3 Å². The van der Waals surface area contributed by atoms with E-state index in [9.17, 15) is 9.59 Å². The van der Waals surface area contributed by atoms with Crippen LogP contribution < -0.4 is 19.7 Å². The molecule has 1 atom stereocenters. The van der Waals surface area contributed by atoms with Gasteiger partial charge in [0.2, 0.25) is 11.8 Å². The summed E-state index contributed by atoms with van der Waals surface area (Å²) in [4.78, 5) is 26.2. The number of amides is 2. The molecule has 0 bridgehead atoms. The summed E-state index contributed by atoms with van der Waals surface area (Å²) in [5, 5.41) is 2.94. The fourth-order valence-electron chi connectivity index (χ4n) is 2.96. The van der Waals surface area contributed by atoms with Gasteiger partial charge in [-0.1, -0.05) is 13.8 Å². The second kappa shape index (κ2) is 7.11. The van der Waals surface area contributed by atoms with Gasteiger partial charge in [-0.15, -0.1) is 0 Å². The van der Waals surface area contributed by atoms with Gasteiger partial charge in [-0.2, -0.15) is 0 Å². The number of carbonyl (C=O) groups excluding carboxylic acids is 2. The number of hydrogen-bond acceptors (Lipinski definition) is 4. The van der Waals surface area contributed by atoms with Crippen molar-refractivity contribution in [3.63, 3.8) is 0 Å². The Bertz CT molecular complexity index is 629. The summed E-state index contributed by atoms with van der Waals surface area (Å²) in [6.07, 6.45) is 1.19. The molecule has 2 aliphatic rings. The van der Waals surface area contributed by atoms with Crippen molar-refractivity contribution in [2.75, 3.05) is 31.2 Å². The van der Waals surface area contributed by atoms with E-state index < -0.39 is 0 Å². The predicted octanol–water partition coefficient (Wildman–Crippen LogP) is 1.97. The summed E-state index contributed by atoms with van der Waals surface area (Å²) in [6.45, 7) is 6.35. The first kappa shape index (κ1) is 16.6. The highest BCUT2D eigenvalue weighted by molar-refractivity contribution is 6.00. The topological polar surface area (TPSA) is 67.9 Å². The molecule has 0 unspecified atom stereocenters. The summed E-state index contributed by atoms with van der Waals surface area (Å²) >= 11 is 0. The monoisotopic (exact) mass is 332 g/mol. The number of fused-ring (bicyclic) bond motifs is 1. The molecule has 1 fully saturated rings. The standard InChI is InChI=1S/C18H24N2O4/c1-12(2)5-6-19-18(22)13-9-17(21)20(11-13)14-3-4-15-16(10-14)24-8-7-23-15/h3-4,10,12-13H,5-9,11H2,1-2H3,(H,19,22)/t13-/m0/s1. The Balaban J connectivity index is 1.63. The second-order valence-electron chi connectivity index (χ2n) is 6.71. The maximum absolute atomic E-state index is 12.3. The van der Waals surface area contributed by atoms with Crippen molar-refractivity contribution < 1.29 is 19.1 Å². The van der Waals surface area contributed by atoms with Crippen LogP contribution >= 0.6 is 0 Å². The van der Waals surface area contributed by atoms with E-state index in [1.807, 2.05) is 18.2 Å². The van der Waals surface area contributed by atoms with Gasteiger partial charge < -0.3 is 19.7 Å². The molecule has 1 N–H and O–H groups in total. The van der Waals surface area contributed by atoms with Gasteiger partial charge in [0.25, 0.3) is 0 Å². The molecule has 1 saturated heterocycles. The second-order valence-corrected chi connectivity index (χ2v) is 6.71. The number of benzene rings is 1. The first-order valence-corrected chi connectivity index (χ1v) is 8.52. The van der Waals surface area contributed by atoms with Crippen molar-refractivity contribution in [2.45, 2.75) is 26.7 Å². The number of carbonyl (C=O) groups is 2. The minimum absolute atomic E-state index is 0.0318. The summed E-state index contributed by atoms with van der Waals surface area (Å²) in [5.74, 6) is 1.53. The number of anilines is 1. The molecule has 1 aromatic carbocycles. The van der Waals surface area contributed by atoms with E-state index in [0.717, 1.165) is 12.1 Å². The third-order valence-corrected chi connectivity index (χ3v) is 4.35. The van der Waals surface area contributed by atoms with Crippen molar-refractivity contribution in [2.24, 2.45) is 11.8 Å². The van der Waals surface area contributed by atoms with E-state index in [1.165, 1.54) is 0 Å². The number of rotatable bonds is 5. The van der Waals surface area contributed by atoms with Crippen LogP contribution in [0.5, 0.6) is 11.5 Å². The minimum Gasteiger partial charge on any atom is -0.486 e. The minimum atomic E-state index is -0.294. The van der Waals surface area contributed by atoms with Gasteiger partial charge in [0.15, 0.2) is 11.5 Å². The van der Waals surface area contributed by atoms with Crippen molar-refractivity contribution in [3.8, 4) is 11.5 Å². The average Bonchev–Trinajstić information content (AvgIpc) is 2.96.